The van der Waals surface area contributed by atoms with Crippen LogP contribution in [0.25, 0.3) is 0 Å². The Bertz CT molecular complexity index is 320. The van der Waals surface area contributed by atoms with Gasteiger partial charge in [0, 0.05) is 19.1 Å². The van der Waals surface area contributed by atoms with Crippen LogP contribution in [0.15, 0.2) is 0 Å². The summed E-state index contributed by atoms with van der Waals surface area (Å²) in [6.45, 7) is 7.20. The molecule has 19 heavy (non-hydrogen) atoms. The molecule has 0 spiro atoms. The first-order valence-electron chi connectivity index (χ1n) is 7.30. The van der Waals surface area contributed by atoms with E-state index in [1.165, 1.54) is 0 Å². The van der Waals surface area contributed by atoms with Crippen LogP contribution in [0.5, 0.6) is 0 Å². The Labute approximate surface area is 115 Å². The van der Waals surface area contributed by atoms with Gasteiger partial charge in [0.15, 0.2) is 0 Å². The van der Waals surface area contributed by atoms with E-state index in [2.05, 4.69) is 12.2 Å². The molecule has 0 saturated heterocycles. The molecule has 110 valence electrons. The van der Waals surface area contributed by atoms with Crippen molar-refractivity contribution < 1.29 is 9.59 Å². The van der Waals surface area contributed by atoms with E-state index in [0.717, 1.165) is 19.3 Å². The largest absolute Gasteiger partial charge is 0.355 e. The van der Waals surface area contributed by atoms with Gasteiger partial charge in [0.1, 0.15) is 0 Å². The Balaban J connectivity index is 2.63. The summed E-state index contributed by atoms with van der Waals surface area (Å²) in [6.07, 6.45) is 2.83. The topological polar surface area (TPSA) is 75.4 Å². The number of nitrogens with zero attached hydrogens (tertiary/aromatic N) is 1. The van der Waals surface area contributed by atoms with E-state index in [0.29, 0.717) is 19.0 Å². The summed E-state index contributed by atoms with van der Waals surface area (Å²) in [4.78, 5) is 25.7. The molecule has 3 atom stereocenters. The molecule has 2 amide bonds. The lowest BCUT2D eigenvalue weighted by molar-refractivity contribution is -0.141. The molecule has 1 fully saturated rings. The standard InChI is InChI=1S/C14H27N3O2/c1-4-16-13(18)9-17(5-2)14(19)11-8-10(3)6-7-12(11)15/h10-12H,4-9,15H2,1-3H3,(H,16,18). The van der Waals surface area contributed by atoms with Gasteiger partial charge in [0.2, 0.25) is 11.8 Å². The van der Waals surface area contributed by atoms with Crippen LogP contribution < -0.4 is 11.1 Å². The number of rotatable bonds is 5. The van der Waals surface area contributed by atoms with E-state index in [-0.39, 0.29) is 30.3 Å². The minimum Gasteiger partial charge on any atom is -0.355 e. The lowest BCUT2D eigenvalue weighted by Crippen LogP contribution is -2.49. The fourth-order valence-electron chi connectivity index (χ4n) is 2.69. The summed E-state index contributed by atoms with van der Waals surface area (Å²) in [5.41, 5.74) is 6.08. The van der Waals surface area contributed by atoms with Crippen LogP contribution in [0, 0.1) is 11.8 Å². The highest BCUT2D eigenvalue weighted by atomic mass is 16.2. The van der Waals surface area contributed by atoms with Crippen molar-refractivity contribution in [1.29, 1.82) is 0 Å². The van der Waals surface area contributed by atoms with Crippen LogP contribution >= 0.6 is 0 Å². The van der Waals surface area contributed by atoms with Gasteiger partial charge in [-0.05, 0) is 39.0 Å². The molecule has 5 nitrogen and oxygen atoms in total. The Morgan fingerprint density at radius 1 is 1.32 bits per heavy atom. The van der Waals surface area contributed by atoms with Crippen LogP contribution in [-0.4, -0.2) is 42.4 Å². The van der Waals surface area contributed by atoms with Gasteiger partial charge < -0.3 is 16.0 Å². The van der Waals surface area contributed by atoms with E-state index in [4.69, 9.17) is 5.73 Å². The fraction of sp³-hybridized carbons (Fsp3) is 0.857. The summed E-state index contributed by atoms with van der Waals surface area (Å²) in [5, 5.41) is 2.72. The van der Waals surface area contributed by atoms with Crippen molar-refractivity contribution in [2.75, 3.05) is 19.6 Å². The second-order valence-corrected chi connectivity index (χ2v) is 5.49. The zero-order valence-corrected chi connectivity index (χ0v) is 12.3. The fourth-order valence-corrected chi connectivity index (χ4v) is 2.69. The van der Waals surface area contributed by atoms with Crippen molar-refractivity contribution in [3.05, 3.63) is 0 Å². The minimum absolute atomic E-state index is 0.0350. The molecule has 0 aromatic carbocycles. The maximum absolute atomic E-state index is 12.5. The number of nitrogens with one attached hydrogen (secondary N) is 1. The normalized spacial score (nSPS) is 26.8. The van der Waals surface area contributed by atoms with Gasteiger partial charge in [-0.25, -0.2) is 0 Å². The van der Waals surface area contributed by atoms with Crippen molar-refractivity contribution in [2.45, 2.75) is 46.1 Å². The Kier molecular flexibility index (Phi) is 6.28. The molecule has 3 N–H and O–H groups in total. The molecule has 1 rings (SSSR count). The molecule has 1 aliphatic rings. The number of hydrogen-bond acceptors (Lipinski definition) is 3. The second kappa shape index (κ2) is 7.48. The van der Waals surface area contributed by atoms with Gasteiger partial charge in [-0.3, -0.25) is 9.59 Å². The van der Waals surface area contributed by atoms with Crippen LogP contribution in [0.1, 0.15) is 40.0 Å². The number of carbonyl (C=O) groups excluding carboxylic acids is 2. The molecule has 0 heterocycles. The SMILES string of the molecule is CCNC(=O)CN(CC)C(=O)C1CC(C)CCC1N. The van der Waals surface area contributed by atoms with Crippen LogP contribution in [0.3, 0.4) is 0 Å². The predicted octanol–water partition coefficient (Wildman–Crippen LogP) is 0.734. The molecule has 0 radical (unpaired) electrons. The predicted molar refractivity (Wildman–Crippen MR) is 75.4 cm³/mol. The van der Waals surface area contributed by atoms with Crippen molar-refractivity contribution in [3.63, 3.8) is 0 Å². The van der Waals surface area contributed by atoms with Crippen LogP contribution in [0.2, 0.25) is 0 Å². The molecule has 5 heteroatoms. The molecule has 1 aliphatic carbocycles. The third kappa shape index (κ3) is 4.49. The highest BCUT2D eigenvalue weighted by Gasteiger charge is 2.34. The quantitative estimate of drug-likeness (QED) is 0.773. The lowest BCUT2D eigenvalue weighted by atomic mass is 9.78. The van der Waals surface area contributed by atoms with Crippen LogP contribution in [-0.2, 0) is 9.59 Å². The monoisotopic (exact) mass is 269 g/mol. The van der Waals surface area contributed by atoms with Crippen LogP contribution in [0.4, 0.5) is 0 Å². The average Bonchev–Trinajstić information content (AvgIpc) is 2.38. The second-order valence-electron chi connectivity index (χ2n) is 5.49. The third-order valence-corrected chi connectivity index (χ3v) is 3.88. The summed E-state index contributed by atoms with van der Waals surface area (Å²) in [7, 11) is 0. The Morgan fingerprint density at radius 3 is 2.58 bits per heavy atom. The van der Waals surface area contributed by atoms with Crippen molar-refractivity contribution in [1.82, 2.24) is 10.2 Å². The highest BCUT2D eigenvalue weighted by molar-refractivity contribution is 5.86. The zero-order chi connectivity index (χ0) is 14.4. The zero-order valence-electron chi connectivity index (χ0n) is 12.3. The molecular formula is C14H27N3O2. The van der Waals surface area contributed by atoms with E-state index in [9.17, 15) is 9.59 Å². The molecule has 3 unspecified atom stereocenters. The maximum Gasteiger partial charge on any atom is 0.239 e. The van der Waals surface area contributed by atoms with Gasteiger partial charge in [-0.1, -0.05) is 6.92 Å². The van der Waals surface area contributed by atoms with Gasteiger partial charge >= 0.3 is 0 Å². The molecule has 1 saturated carbocycles. The first-order valence-corrected chi connectivity index (χ1v) is 7.30. The average molecular weight is 269 g/mol. The van der Waals surface area contributed by atoms with E-state index in [1.54, 1.807) is 4.90 Å². The van der Waals surface area contributed by atoms with Gasteiger partial charge in [-0.2, -0.15) is 0 Å². The van der Waals surface area contributed by atoms with Gasteiger partial charge in [0.25, 0.3) is 0 Å². The van der Waals surface area contributed by atoms with E-state index >= 15 is 0 Å². The minimum atomic E-state index is -0.127. The summed E-state index contributed by atoms with van der Waals surface area (Å²) < 4.78 is 0. The summed E-state index contributed by atoms with van der Waals surface area (Å²) in [5.74, 6) is 0.345. The van der Waals surface area contributed by atoms with E-state index < -0.39 is 0 Å². The number of likely N-dealkylation sites (N-methyl/N-ethyl adjacent to an activating group) is 2. The van der Waals surface area contributed by atoms with E-state index in [1.807, 2.05) is 13.8 Å². The number of nitrogens with two attached hydrogens (primary N) is 1. The first kappa shape index (κ1) is 16.0. The molecule has 0 aromatic heterocycles. The number of hydrogen-bond donors (Lipinski definition) is 2. The van der Waals surface area contributed by atoms with Crippen molar-refractivity contribution >= 4 is 11.8 Å². The third-order valence-electron chi connectivity index (χ3n) is 3.88. The maximum atomic E-state index is 12.5. The molecular weight excluding hydrogens is 242 g/mol. The molecule has 0 aliphatic heterocycles. The lowest BCUT2D eigenvalue weighted by Gasteiger charge is -2.34. The van der Waals surface area contributed by atoms with Crippen molar-refractivity contribution in [3.8, 4) is 0 Å². The van der Waals surface area contributed by atoms with Gasteiger partial charge in [0.05, 0.1) is 12.5 Å². The summed E-state index contributed by atoms with van der Waals surface area (Å²) in [6, 6.07) is -0.0630. The molecule has 0 aromatic rings. The Hall–Kier alpha value is -1.10. The smallest absolute Gasteiger partial charge is 0.239 e. The number of amides is 2. The number of carbonyl (C=O) groups is 2. The van der Waals surface area contributed by atoms with Crippen molar-refractivity contribution in [2.24, 2.45) is 17.6 Å². The first-order chi connectivity index (χ1) is 8.99. The van der Waals surface area contributed by atoms with Gasteiger partial charge in [-0.15, -0.1) is 0 Å². The highest BCUT2D eigenvalue weighted by Crippen LogP contribution is 2.29. The summed E-state index contributed by atoms with van der Waals surface area (Å²) >= 11 is 0. The Morgan fingerprint density at radius 2 is 2.00 bits per heavy atom. The molecule has 0 bridgehead atoms.